The van der Waals surface area contributed by atoms with Crippen LogP contribution in [-0.4, -0.2) is 35.9 Å². The zero-order chi connectivity index (χ0) is 11.7. The van der Waals surface area contributed by atoms with Crippen molar-refractivity contribution in [3.8, 4) is 0 Å². The number of carbonyl (C=O) groups is 1. The molecule has 0 aromatic heterocycles. The Morgan fingerprint density at radius 1 is 1.47 bits per heavy atom. The Kier molecular flexibility index (Phi) is 3.71. The maximum atomic E-state index is 10.9. The molecule has 1 saturated heterocycles. The standard InChI is InChI=1S/C11H22O3S/c1-11(2,3)15(4,5)13-8-9-6-7-10(12)14-9/h9H,6-8H2,1-5H3. The first-order valence-corrected chi connectivity index (χ1v) is 7.66. The summed E-state index contributed by atoms with van der Waals surface area (Å²) in [6, 6.07) is 0. The molecule has 1 unspecified atom stereocenters. The van der Waals surface area contributed by atoms with Crippen molar-refractivity contribution in [1.82, 2.24) is 0 Å². The second kappa shape index (κ2) is 4.34. The van der Waals surface area contributed by atoms with Crippen molar-refractivity contribution in [2.24, 2.45) is 0 Å². The van der Waals surface area contributed by atoms with Crippen LogP contribution >= 0.6 is 10.3 Å². The molecule has 0 spiro atoms. The summed E-state index contributed by atoms with van der Waals surface area (Å²) in [7, 11) is -1.09. The van der Waals surface area contributed by atoms with Gasteiger partial charge in [0.05, 0.1) is 6.61 Å². The minimum Gasteiger partial charge on any atom is -0.460 e. The van der Waals surface area contributed by atoms with E-state index in [1.807, 2.05) is 0 Å². The minimum atomic E-state index is -1.09. The first-order chi connectivity index (χ1) is 6.72. The summed E-state index contributed by atoms with van der Waals surface area (Å²) in [5, 5.41) is 0. The minimum absolute atomic E-state index is 0.0216. The number of hydrogen-bond acceptors (Lipinski definition) is 3. The average molecular weight is 234 g/mol. The summed E-state index contributed by atoms with van der Waals surface area (Å²) in [5.74, 6) is -0.0906. The van der Waals surface area contributed by atoms with Crippen molar-refractivity contribution < 1.29 is 13.7 Å². The summed E-state index contributed by atoms with van der Waals surface area (Å²) in [5.41, 5.74) is 0. The highest BCUT2D eigenvalue weighted by atomic mass is 32.3. The Morgan fingerprint density at radius 3 is 2.47 bits per heavy atom. The fourth-order valence-electron chi connectivity index (χ4n) is 1.12. The summed E-state index contributed by atoms with van der Waals surface area (Å²) >= 11 is 0. The lowest BCUT2D eigenvalue weighted by molar-refractivity contribution is -0.142. The van der Waals surface area contributed by atoms with Gasteiger partial charge in [-0.3, -0.25) is 4.79 Å². The largest absolute Gasteiger partial charge is 0.460 e. The van der Waals surface area contributed by atoms with Gasteiger partial charge in [0.25, 0.3) is 0 Å². The molecule has 0 radical (unpaired) electrons. The normalized spacial score (nSPS) is 24.1. The lowest BCUT2D eigenvalue weighted by Crippen LogP contribution is -2.28. The van der Waals surface area contributed by atoms with Gasteiger partial charge in [0, 0.05) is 11.2 Å². The van der Waals surface area contributed by atoms with Gasteiger partial charge in [-0.15, -0.1) is 10.3 Å². The maximum Gasteiger partial charge on any atom is 0.306 e. The predicted molar refractivity (Wildman–Crippen MR) is 64.3 cm³/mol. The van der Waals surface area contributed by atoms with Crippen molar-refractivity contribution in [3.63, 3.8) is 0 Å². The van der Waals surface area contributed by atoms with Crippen LogP contribution in [0.3, 0.4) is 0 Å². The molecule has 0 aromatic rings. The summed E-state index contributed by atoms with van der Waals surface area (Å²) < 4.78 is 11.2. The van der Waals surface area contributed by atoms with Crippen molar-refractivity contribution in [2.45, 2.75) is 44.5 Å². The molecular weight excluding hydrogens is 212 g/mol. The highest BCUT2D eigenvalue weighted by Gasteiger charge is 2.31. The molecular formula is C11H22O3S. The molecule has 90 valence electrons. The van der Waals surface area contributed by atoms with Crippen LogP contribution in [0.5, 0.6) is 0 Å². The third-order valence-electron chi connectivity index (χ3n) is 2.99. The van der Waals surface area contributed by atoms with Crippen molar-refractivity contribution in [3.05, 3.63) is 0 Å². The quantitative estimate of drug-likeness (QED) is 0.704. The van der Waals surface area contributed by atoms with Crippen LogP contribution in [0.2, 0.25) is 0 Å². The molecule has 0 aromatic carbocycles. The first kappa shape index (κ1) is 12.8. The van der Waals surface area contributed by atoms with Crippen LogP contribution in [0.1, 0.15) is 33.6 Å². The van der Waals surface area contributed by atoms with Crippen LogP contribution in [0.25, 0.3) is 0 Å². The van der Waals surface area contributed by atoms with Crippen LogP contribution in [-0.2, 0) is 13.7 Å². The molecule has 1 heterocycles. The molecule has 1 rings (SSSR count). The Hall–Kier alpha value is -0.220. The van der Waals surface area contributed by atoms with Crippen molar-refractivity contribution in [1.29, 1.82) is 0 Å². The topological polar surface area (TPSA) is 35.5 Å². The number of carbonyl (C=O) groups excluding carboxylic acids is 1. The third kappa shape index (κ3) is 3.38. The number of ether oxygens (including phenoxy) is 1. The molecule has 0 aliphatic carbocycles. The van der Waals surface area contributed by atoms with Gasteiger partial charge in [0.1, 0.15) is 6.10 Å². The average Bonchev–Trinajstić information content (AvgIpc) is 2.46. The Bertz CT molecular complexity index is 243. The number of esters is 1. The van der Waals surface area contributed by atoms with E-state index < -0.39 is 10.3 Å². The van der Waals surface area contributed by atoms with Crippen molar-refractivity contribution in [2.75, 3.05) is 19.1 Å². The van der Waals surface area contributed by atoms with Crippen LogP contribution < -0.4 is 0 Å². The highest BCUT2D eigenvalue weighted by molar-refractivity contribution is 8.29. The van der Waals surface area contributed by atoms with Gasteiger partial charge >= 0.3 is 5.97 Å². The monoisotopic (exact) mass is 234 g/mol. The fraction of sp³-hybridized carbons (Fsp3) is 0.909. The summed E-state index contributed by atoms with van der Waals surface area (Å²) in [6.07, 6.45) is 5.64. The predicted octanol–water partition coefficient (Wildman–Crippen LogP) is 2.49. The smallest absolute Gasteiger partial charge is 0.306 e. The fourth-order valence-corrected chi connectivity index (χ4v) is 1.97. The number of rotatable bonds is 3. The summed E-state index contributed by atoms with van der Waals surface area (Å²) in [4.78, 5) is 10.9. The van der Waals surface area contributed by atoms with E-state index >= 15 is 0 Å². The van der Waals surface area contributed by atoms with Crippen LogP contribution in [0, 0.1) is 0 Å². The van der Waals surface area contributed by atoms with Gasteiger partial charge in [0.2, 0.25) is 0 Å². The molecule has 0 N–H and O–H groups in total. The Morgan fingerprint density at radius 2 is 2.07 bits per heavy atom. The van der Waals surface area contributed by atoms with E-state index in [1.165, 1.54) is 0 Å². The maximum absolute atomic E-state index is 10.9. The second-order valence-electron chi connectivity index (χ2n) is 5.28. The molecule has 0 bridgehead atoms. The molecule has 15 heavy (non-hydrogen) atoms. The van der Waals surface area contributed by atoms with E-state index in [2.05, 4.69) is 33.3 Å². The summed E-state index contributed by atoms with van der Waals surface area (Å²) in [6.45, 7) is 7.10. The number of cyclic esters (lactones) is 1. The van der Waals surface area contributed by atoms with E-state index in [9.17, 15) is 4.79 Å². The molecule has 4 heteroatoms. The number of hydrogen-bond donors (Lipinski definition) is 0. The molecule has 1 aliphatic heterocycles. The van der Waals surface area contributed by atoms with Gasteiger partial charge in [-0.05, 0) is 18.9 Å². The Labute approximate surface area is 94.0 Å². The lowest BCUT2D eigenvalue weighted by Gasteiger charge is -2.44. The van der Waals surface area contributed by atoms with Gasteiger partial charge < -0.3 is 8.92 Å². The van der Waals surface area contributed by atoms with Crippen LogP contribution in [0.4, 0.5) is 0 Å². The first-order valence-electron chi connectivity index (χ1n) is 5.29. The van der Waals surface area contributed by atoms with Gasteiger partial charge in [-0.1, -0.05) is 20.8 Å². The highest BCUT2D eigenvalue weighted by Crippen LogP contribution is 2.53. The van der Waals surface area contributed by atoms with E-state index in [0.29, 0.717) is 13.0 Å². The van der Waals surface area contributed by atoms with Gasteiger partial charge in [-0.25, -0.2) is 0 Å². The van der Waals surface area contributed by atoms with E-state index in [1.54, 1.807) is 0 Å². The second-order valence-corrected chi connectivity index (χ2v) is 9.21. The Balaban J connectivity index is 2.40. The van der Waals surface area contributed by atoms with E-state index in [0.717, 1.165) is 6.42 Å². The molecule has 3 nitrogen and oxygen atoms in total. The SMILES string of the molecule is CC(C)(C)S(C)(C)OCC1CCC(=O)O1. The third-order valence-corrected chi connectivity index (χ3v) is 6.67. The van der Waals surface area contributed by atoms with Crippen LogP contribution in [0.15, 0.2) is 0 Å². The van der Waals surface area contributed by atoms with Gasteiger partial charge in [-0.2, -0.15) is 0 Å². The zero-order valence-corrected chi connectivity index (χ0v) is 11.1. The molecule has 1 atom stereocenters. The molecule has 0 saturated carbocycles. The van der Waals surface area contributed by atoms with E-state index in [4.69, 9.17) is 8.92 Å². The van der Waals surface area contributed by atoms with Gasteiger partial charge in [0.15, 0.2) is 0 Å². The lowest BCUT2D eigenvalue weighted by atomic mass is 10.2. The van der Waals surface area contributed by atoms with Crippen molar-refractivity contribution >= 4 is 16.3 Å². The molecule has 1 aliphatic rings. The zero-order valence-electron chi connectivity index (χ0n) is 10.3. The van der Waals surface area contributed by atoms with E-state index in [-0.39, 0.29) is 16.8 Å². The molecule has 1 fully saturated rings. The molecule has 0 amide bonds.